The Hall–Kier alpha value is -3.06. The highest BCUT2D eigenvalue weighted by Gasteiger charge is 2.44. The monoisotopic (exact) mass is 511 g/mol. The zero-order chi connectivity index (χ0) is 25.9. The summed E-state index contributed by atoms with van der Waals surface area (Å²) < 4.78 is 18.2. The summed E-state index contributed by atoms with van der Waals surface area (Å²) in [5.74, 6) is 1.18. The summed E-state index contributed by atoms with van der Waals surface area (Å²) in [5, 5.41) is 41.7. The van der Waals surface area contributed by atoms with Crippen molar-refractivity contribution >= 4 is 10.9 Å². The molecular weight excluding hydrogens is 482 g/mol. The summed E-state index contributed by atoms with van der Waals surface area (Å²) in [6.45, 7) is 3.01. The van der Waals surface area contributed by atoms with Crippen molar-refractivity contribution in [1.82, 2.24) is 14.5 Å². The Kier molecular flexibility index (Phi) is 5.94. The maximum absolute atomic E-state index is 13.6. The number of hydrogen-bond donors (Lipinski definition) is 4. The van der Waals surface area contributed by atoms with E-state index in [0.717, 1.165) is 16.5 Å². The molecule has 37 heavy (non-hydrogen) atoms. The van der Waals surface area contributed by atoms with Crippen LogP contribution in [0, 0.1) is 0 Å². The lowest BCUT2D eigenvalue weighted by molar-refractivity contribution is -0.236. The molecule has 0 amide bonds. The van der Waals surface area contributed by atoms with Crippen molar-refractivity contribution < 1.29 is 34.6 Å². The topological polar surface area (TPSA) is 147 Å². The van der Waals surface area contributed by atoms with Gasteiger partial charge in [-0.3, -0.25) is 9.69 Å². The van der Waals surface area contributed by atoms with Crippen LogP contribution >= 0.6 is 0 Å². The minimum Gasteiger partial charge on any atom is -0.454 e. The zero-order valence-electron chi connectivity index (χ0n) is 20.4. The van der Waals surface area contributed by atoms with Gasteiger partial charge < -0.3 is 39.2 Å². The molecular formula is C26H29N3O8. The van der Waals surface area contributed by atoms with Gasteiger partial charge in [0.2, 0.25) is 6.79 Å². The molecule has 1 unspecified atom stereocenters. The van der Waals surface area contributed by atoms with Crippen LogP contribution in [0.2, 0.25) is 0 Å². The molecule has 2 aromatic heterocycles. The molecule has 196 valence electrons. The first-order valence-electron chi connectivity index (χ1n) is 12.4. The normalized spacial score (nSPS) is 21.4. The Bertz CT molecular complexity index is 1450. The van der Waals surface area contributed by atoms with E-state index in [2.05, 4.69) is 0 Å². The van der Waals surface area contributed by atoms with Crippen LogP contribution in [0.3, 0.4) is 0 Å². The minimum atomic E-state index is -1.71. The molecule has 1 aromatic carbocycles. The number of ether oxygens (including phenoxy) is 3. The van der Waals surface area contributed by atoms with Gasteiger partial charge >= 0.3 is 0 Å². The molecule has 0 saturated carbocycles. The summed E-state index contributed by atoms with van der Waals surface area (Å²) in [5.41, 5.74) is 2.22. The van der Waals surface area contributed by atoms with Crippen molar-refractivity contribution in [2.45, 2.75) is 44.9 Å². The second-order valence-electron chi connectivity index (χ2n) is 9.62. The van der Waals surface area contributed by atoms with E-state index in [0.29, 0.717) is 59.2 Å². The molecule has 6 rings (SSSR count). The maximum Gasteiger partial charge on any atom is 0.257 e. The van der Waals surface area contributed by atoms with Gasteiger partial charge in [-0.1, -0.05) is 6.92 Å². The summed E-state index contributed by atoms with van der Waals surface area (Å²) in [7, 11) is 0. The first kappa shape index (κ1) is 24.3. The smallest absolute Gasteiger partial charge is 0.257 e. The number of benzene rings is 1. The van der Waals surface area contributed by atoms with Gasteiger partial charge in [-0.2, -0.15) is 0 Å². The van der Waals surface area contributed by atoms with E-state index >= 15 is 0 Å². The molecule has 0 aliphatic carbocycles. The van der Waals surface area contributed by atoms with Gasteiger partial charge in [0, 0.05) is 47.8 Å². The highest BCUT2D eigenvalue weighted by molar-refractivity contribution is 5.90. The summed E-state index contributed by atoms with van der Waals surface area (Å²) in [6.07, 6.45) is -1.28. The van der Waals surface area contributed by atoms with E-state index in [1.165, 1.54) is 0 Å². The third kappa shape index (κ3) is 3.65. The average Bonchev–Trinajstić information content (AvgIpc) is 3.50. The fraction of sp³-hybridized carbons (Fsp3) is 0.462. The first-order chi connectivity index (χ1) is 17.9. The van der Waals surface area contributed by atoms with E-state index in [4.69, 9.17) is 19.2 Å². The van der Waals surface area contributed by atoms with Crippen LogP contribution < -0.4 is 15.0 Å². The van der Waals surface area contributed by atoms with Crippen LogP contribution in [0.25, 0.3) is 22.3 Å². The molecule has 0 spiro atoms. The van der Waals surface area contributed by atoms with Crippen molar-refractivity contribution in [3.63, 3.8) is 0 Å². The SMILES string of the molecule is CC[C@]1(O)c2cc3n(c(=O)c2COC1O)Cc1c-3nc2cc3c(cc2c1CN(CCO)CCO)OCO3. The minimum absolute atomic E-state index is 0.0676. The van der Waals surface area contributed by atoms with Gasteiger partial charge in [0.05, 0.1) is 43.3 Å². The van der Waals surface area contributed by atoms with Gasteiger partial charge in [0.25, 0.3) is 5.56 Å². The number of aliphatic hydroxyl groups is 4. The third-order valence-corrected chi connectivity index (χ3v) is 7.67. The molecule has 11 heteroatoms. The van der Waals surface area contributed by atoms with Crippen LogP contribution in [0.4, 0.5) is 0 Å². The second-order valence-corrected chi connectivity index (χ2v) is 9.62. The molecule has 0 fully saturated rings. The van der Waals surface area contributed by atoms with Crippen molar-refractivity contribution in [1.29, 1.82) is 0 Å². The standard InChI is InChI=1S/C26H29N3O8/c1-2-26(34)18-8-20-23-16(11-29(20)24(32)17(18)12-35-25(26)33)15(10-28(3-5-30)4-6-31)14-7-21-22(37-13-36-21)9-19(14)27-23/h7-9,25,30-31,33-34H,2-6,10-13H2,1H3/t25?,26-/m0/s1. The summed E-state index contributed by atoms with van der Waals surface area (Å²) >= 11 is 0. The Balaban J connectivity index is 1.59. The van der Waals surface area contributed by atoms with E-state index < -0.39 is 11.9 Å². The highest BCUT2D eigenvalue weighted by Crippen LogP contribution is 2.43. The number of rotatable bonds is 7. The van der Waals surface area contributed by atoms with Gasteiger partial charge in [-0.05, 0) is 24.1 Å². The van der Waals surface area contributed by atoms with Crippen molar-refractivity contribution in [2.24, 2.45) is 0 Å². The van der Waals surface area contributed by atoms with E-state index in [-0.39, 0.29) is 45.1 Å². The molecule has 3 aromatic rings. The van der Waals surface area contributed by atoms with Crippen molar-refractivity contribution in [3.05, 3.63) is 50.8 Å². The van der Waals surface area contributed by atoms with E-state index in [9.17, 15) is 25.2 Å². The molecule has 0 radical (unpaired) electrons. The number of hydrogen-bond acceptors (Lipinski definition) is 10. The Morgan fingerprint density at radius 3 is 2.57 bits per heavy atom. The highest BCUT2D eigenvalue weighted by atomic mass is 16.7. The zero-order valence-corrected chi connectivity index (χ0v) is 20.4. The lowest BCUT2D eigenvalue weighted by atomic mass is 9.85. The molecule has 2 atom stereocenters. The molecule has 0 saturated heterocycles. The van der Waals surface area contributed by atoms with Crippen LogP contribution in [0.1, 0.15) is 35.6 Å². The molecule has 5 heterocycles. The number of fused-ring (bicyclic) bond motifs is 6. The Morgan fingerprint density at radius 1 is 1.14 bits per heavy atom. The summed E-state index contributed by atoms with van der Waals surface area (Å²) in [6, 6.07) is 5.43. The van der Waals surface area contributed by atoms with E-state index in [1.54, 1.807) is 17.6 Å². The van der Waals surface area contributed by atoms with Crippen molar-refractivity contribution in [3.8, 4) is 22.9 Å². The number of aliphatic hydroxyl groups excluding tert-OH is 3. The maximum atomic E-state index is 13.6. The van der Waals surface area contributed by atoms with Gasteiger partial charge in [-0.15, -0.1) is 0 Å². The third-order valence-electron chi connectivity index (χ3n) is 7.67. The predicted molar refractivity (Wildman–Crippen MR) is 131 cm³/mol. The largest absolute Gasteiger partial charge is 0.454 e. The van der Waals surface area contributed by atoms with Gasteiger partial charge in [0.15, 0.2) is 17.8 Å². The Labute approximate surface area is 212 Å². The number of pyridine rings is 2. The lowest BCUT2D eigenvalue weighted by Gasteiger charge is -2.37. The average molecular weight is 512 g/mol. The predicted octanol–water partition coefficient (Wildman–Crippen LogP) is 0.387. The number of aromatic nitrogens is 2. The van der Waals surface area contributed by atoms with Crippen LogP contribution in [-0.2, 0) is 30.0 Å². The molecule has 3 aliphatic rings. The summed E-state index contributed by atoms with van der Waals surface area (Å²) in [4.78, 5) is 20.5. The van der Waals surface area contributed by atoms with Gasteiger partial charge in [-0.25, -0.2) is 4.98 Å². The second kappa shape index (κ2) is 9.05. The Morgan fingerprint density at radius 2 is 1.86 bits per heavy atom. The fourth-order valence-electron chi connectivity index (χ4n) is 5.62. The van der Waals surface area contributed by atoms with Crippen LogP contribution in [0.5, 0.6) is 11.5 Å². The number of nitrogens with zero attached hydrogens (tertiary/aromatic N) is 3. The quantitative estimate of drug-likeness (QED) is 0.275. The molecule has 11 nitrogen and oxygen atoms in total. The molecule has 4 N–H and O–H groups in total. The lowest BCUT2D eigenvalue weighted by Crippen LogP contribution is -2.47. The van der Waals surface area contributed by atoms with Crippen LogP contribution in [-0.4, -0.2) is 74.3 Å². The van der Waals surface area contributed by atoms with Gasteiger partial charge in [0.1, 0.15) is 5.60 Å². The van der Waals surface area contributed by atoms with Crippen LogP contribution in [0.15, 0.2) is 23.0 Å². The molecule has 3 aliphatic heterocycles. The van der Waals surface area contributed by atoms with E-state index in [1.807, 2.05) is 17.0 Å². The first-order valence-corrected chi connectivity index (χ1v) is 12.4. The van der Waals surface area contributed by atoms with Crippen molar-refractivity contribution in [2.75, 3.05) is 33.1 Å². The molecule has 0 bridgehead atoms. The fourth-order valence-corrected chi connectivity index (χ4v) is 5.62.